The number of halogens is 1. The first-order chi connectivity index (χ1) is 14.5. The first kappa shape index (κ1) is 19.1. The van der Waals surface area contributed by atoms with Gasteiger partial charge in [-0.25, -0.2) is 4.39 Å². The molecule has 1 saturated heterocycles. The van der Waals surface area contributed by atoms with Gasteiger partial charge < -0.3 is 20.2 Å². The molecule has 30 heavy (non-hydrogen) atoms. The molecule has 5 rings (SSSR count). The number of rotatable bonds is 3. The molecule has 1 unspecified atom stereocenters. The third-order valence-corrected chi connectivity index (χ3v) is 6.73. The van der Waals surface area contributed by atoms with Crippen LogP contribution >= 0.6 is 11.5 Å². The van der Waals surface area contributed by atoms with Crippen molar-refractivity contribution in [3.05, 3.63) is 38.3 Å². The zero-order valence-electron chi connectivity index (χ0n) is 16.4. The summed E-state index contributed by atoms with van der Waals surface area (Å²) in [7, 11) is 1.46. The summed E-state index contributed by atoms with van der Waals surface area (Å²) < 4.78 is 25.8. The number of ether oxygens (including phenoxy) is 1. The lowest BCUT2D eigenvalue weighted by Crippen LogP contribution is -2.29. The summed E-state index contributed by atoms with van der Waals surface area (Å²) in [4.78, 5) is 32.0. The lowest BCUT2D eigenvalue weighted by Gasteiger charge is -2.29. The molecule has 2 atom stereocenters. The number of aromatic nitrogens is 2. The Bertz CT molecular complexity index is 1330. The van der Waals surface area contributed by atoms with Crippen LogP contribution in [0.3, 0.4) is 0 Å². The van der Waals surface area contributed by atoms with Crippen molar-refractivity contribution in [2.75, 3.05) is 38.3 Å². The molecule has 2 aliphatic rings. The van der Waals surface area contributed by atoms with Gasteiger partial charge in [-0.3, -0.25) is 18.4 Å². The number of nitrogens with two attached hydrogens (primary N) is 1. The Morgan fingerprint density at radius 1 is 1.47 bits per heavy atom. The SMILES string of the molecule is CO/N=C1\CN(c2c(F)cn3c(=O)c4c(=O)[nH]sc4c4c3c2OC[C@@H]4C)CC1CN. The normalized spacial score (nSPS) is 22.3. The first-order valence-electron chi connectivity index (χ1n) is 9.55. The van der Waals surface area contributed by atoms with Crippen LogP contribution in [0.5, 0.6) is 5.75 Å². The molecule has 5 heterocycles. The highest BCUT2D eigenvalue weighted by atomic mass is 32.1. The number of pyridine rings is 2. The van der Waals surface area contributed by atoms with Crippen LogP contribution in [-0.4, -0.2) is 47.8 Å². The molecule has 0 bridgehead atoms. The second-order valence-electron chi connectivity index (χ2n) is 7.62. The summed E-state index contributed by atoms with van der Waals surface area (Å²) in [6, 6.07) is 0. The molecule has 0 spiro atoms. The Morgan fingerprint density at radius 3 is 3.00 bits per heavy atom. The van der Waals surface area contributed by atoms with Crippen molar-refractivity contribution in [1.29, 1.82) is 0 Å². The minimum Gasteiger partial charge on any atom is -0.488 e. The van der Waals surface area contributed by atoms with E-state index >= 15 is 4.39 Å². The molecule has 0 radical (unpaired) electrons. The molecule has 11 heteroatoms. The number of fused-ring (bicyclic) bond motifs is 2. The van der Waals surface area contributed by atoms with E-state index in [1.165, 1.54) is 11.5 Å². The predicted molar refractivity (Wildman–Crippen MR) is 113 cm³/mol. The highest BCUT2D eigenvalue weighted by Crippen LogP contribution is 2.45. The van der Waals surface area contributed by atoms with Crippen molar-refractivity contribution < 1.29 is 14.0 Å². The fourth-order valence-electron chi connectivity index (χ4n) is 4.44. The van der Waals surface area contributed by atoms with E-state index in [-0.39, 0.29) is 22.9 Å². The monoisotopic (exact) mass is 433 g/mol. The van der Waals surface area contributed by atoms with E-state index in [9.17, 15) is 9.59 Å². The Labute approximate surface area is 173 Å². The summed E-state index contributed by atoms with van der Waals surface area (Å²) in [5.41, 5.74) is 7.16. The Morgan fingerprint density at radius 2 is 2.27 bits per heavy atom. The maximum absolute atomic E-state index is 15.4. The van der Waals surface area contributed by atoms with Crippen LogP contribution < -0.4 is 26.5 Å². The van der Waals surface area contributed by atoms with Crippen molar-refractivity contribution in [3.63, 3.8) is 0 Å². The van der Waals surface area contributed by atoms with Gasteiger partial charge in [-0.15, -0.1) is 0 Å². The van der Waals surface area contributed by atoms with Gasteiger partial charge in [0.2, 0.25) is 0 Å². The van der Waals surface area contributed by atoms with E-state index in [0.717, 1.165) is 29.0 Å². The minimum absolute atomic E-state index is 0.0539. The first-order valence-corrected chi connectivity index (χ1v) is 10.4. The number of anilines is 1. The smallest absolute Gasteiger partial charge is 0.271 e. The van der Waals surface area contributed by atoms with Gasteiger partial charge >= 0.3 is 0 Å². The average molecular weight is 433 g/mol. The third-order valence-electron chi connectivity index (χ3n) is 5.82. The van der Waals surface area contributed by atoms with E-state index in [4.69, 9.17) is 15.3 Å². The van der Waals surface area contributed by atoms with E-state index < -0.39 is 16.9 Å². The number of nitrogens with one attached hydrogen (secondary N) is 1. The van der Waals surface area contributed by atoms with Crippen molar-refractivity contribution >= 4 is 38.5 Å². The molecule has 3 aromatic rings. The highest BCUT2D eigenvalue weighted by molar-refractivity contribution is 7.13. The lowest BCUT2D eigenvalue weighted by molar-refractivity contribution is 0.211. The zero-order valence-corrected chi connectivity index (χ0v) is 17.2. The number of oxime groups is 1. The van der Waals surface area contributed by atoms with Gasteiger partial charge in [0.15, 0.2) is 11.6 Å². The van der Waals surface area contributed by atoms with Gasteiger partial charge in [-0.1, -0.05) is 23.6 Å². The number of H-pyrrole nitrogens is 1. The summed E-state index contributed by atoms with van der Waals surface area (Å²) in [6.45, 7) is 3.42. The van der Waals surface area contributed by atoms with Crippen molar-refractivity contribution in [2.24, 2.45) is 16.8 Å². The molecule has 1 fully saturated rings. The summed E-state index contributed by atoms with van der Waals surface area (Å²) in [5.74, 6) is -0.450. The van der Waals surface area contributed by atoms with E-state index in [2.05, 4.69) is 9.53 Å². The number of hydrogen-bond donors (Lipinski definition) is 2. The molecular formula is C19H20FN5O4S. The average Bonchev–Trinajstić information content (AvgIpc) is 3.30. The van der Waals surface area contributed by atoms with Crippen LogP contribution in [-0.2, 0) is 4.84 Å². The van der Waals surface area contributed by atoms with Gasteiger partial charge in [-0.05, 0) is 0 Å². The van der Waals surface area contributed by atoms with Gasteiger partial charge in [0.05, 0.1) is 35.3 Å². The number of nitrogens with zero attached hydrogens (tertiary/aromatic N) is 3. The van der Waals surface area contributed by atoms with E-state index in [1.54, 1.807) is 0 Å². The molecule has 158 valence electrons. The van der Waals surface area contributed by atoms with E-state index in [0.29, 0.717) is 42.2 Å². The Hall–Kier alpha value is -2.92. The third kappa shape index (κ3) is 2.51. The van der Waals surface area contributed by atoms with Crippen molar-refractivity contribution in [3.8, 4) is 5.75 Å². The van der Waals surface area contributed by atoms with Crippen LogP contribution in [0.2, 0.25) is 0 Å². The quantitative estimate of drug-likeness (QED) is 0.601. The zero-order chi connectivity index (χ0) is 21.2. The van der Waals surface area contributed by atoms with Crippen LogP contribution in [0.25, 0.3) is 15.6 Å². The van der Waals surface area contributed by atoms with Crippen LogP contribution in [0.1, 0.15) is 18.4 Å². The molecular weight excluding hydrogens is 413 g/mol. The van der Waals surface area contributed by atoms with Gasteiger partial charge in [0, 0.05) is 30.5 Å². The van der Waals surface area contributed by atoms with Gasteiger partial charge in [0.25, 0.3) is 11.1 Å². The fourth-order valence-corrected chi connectivity index (χ4v) is 5.42. The van der Waals surface area contributed by atoms with E-state index in [1.807, 2.05) is 11.8 Å². The van der Waals surface area contributed by atoms with Gasteiger partial charge in [-0.2, -0.15) is 0 Å². The molecule has 2 aliphatic heterocycles. The molecule has 3 N–H and O–H groups in total. The lowest BCUT2D eigenvalue weighted by atomic mass is 9.97. The maximum atomic E-state index is 15.4. The minimum atomic E-state index is -0.611. The molecule has 0 aliphatic carbocycles. The van der Waals surface area contributed by atoms with Crippen molar-refractivity contribution in [2.45, 2.75) is 12.8 Å². The molecule has 0 aromatic carbocycles. The molecule has 0 saturated carbocycles. The predicted octanol–water partition coefficient (Wildman–Crippen LogP) is 1.23. The summed E-state index contributed by atoms with van der Waals surface area (Å²) in [6.07, 6.45) is 1.14. The number of hydrogen-bond acceptors (Lipinski definition) is 8. The largest absolute Gasteiger partial charge is 0.488 e. The molecule has 3 aromatic heterocycles. The second-order valence-corrected chi connectivity index (χ2v) is 8.44. The highest BCUT2D eigenvalue weighted by Gasteiger charge is 2.36. The Balaban J connectivity index is 1.82. The Kier molecular flexibility index (Phi) is 4.33. The standard InChI is InChI=1S/C19H20FN5O4S/c1-8-7-29-16-14(24-4-9(3-21)11(6-24)22-28-2)10(20)5-25-15(16)12(8)17-13(19(25)27)18(26)23-30-17/h5,8-9H,3-4,6-7,21H2,1-2H3,(H,23,26)/b22-11+/t8-,9?/m0/s1. The molecule has 0 amide bonds. The maximum Gasteiger partial charge on any atom is 0.271 e. The van der Waals surface area contributed by atoms with Gasteiger partial charge in [0.1, 0.15) is 18.2 Å². The second kappa shape index (κ2) is 6.81. The topological polar surface area (TPSA) is 114 Å². The van der Waals surface area contributed by atoms with Crippen LogP contribution in [0, 0.1) is 11.7 Å². The fraction of sp³-hybridized carbons (Fsp3) is 0.421. The number of aromatic amines is 1. The van der Waals surface area contributed by atoms with Crippen LogP contribution in [0.15, 0.2) is 20.9 Å². The molecule has 9 nitrogen and oxygen atoms in total. The van der Waals surface area contributed by atoms with Crippen LogP contribution in [0.4, 0.5) is 10.1 Å². The summed E-state index contributed by atoms with van der Waals surface area (Å²) >= 11 is 1.13. The summed E-state index contributed by atoms with van der Waals surface area (Å²) in [5, 5.41) is 4.09. The van der Waals surface area contributed by atoms with Crippen molar-refractivity contribution in [1.82, 2.24) is 8.77 Å².